The summed E-state index contributed by atoms with van der Waals surface area (Å²) >= 11 is 12.2. The molecule has 2 atom stereocenters. The Morgan fingerprint density at radius 3 is 2.70 bits per heavy atom. The summed E-state index contributed by atoms with van der Waals surface area (Å²) in [5.41, 5.74) is 8.52. The minimum Gasteiger partial charge on any atom is -0.388 e. The lowest BCUT2D eigenvalue weighted by Crippen LogP contribution is -2.26. The molecule has 4 aromatic rings. The SMILES string of the molecule is CC1CCCC(c2cn(C)c(-c3cc(Cl)ccc3N(N)/C=C(\N)Cl)cc2=O)c2cc(ccn2)-c2c(cnn2C(F)F)NC1=O. The van der Waals surface area contributed by atoms with Crippen LogP contribution in [0.1, 0.15) is 49.9 Å². The Bertz CT molecular complexity index is 1800. The lowest BCUT2D eigenvalue weighted by molar-refractivity contribution is -0.119. The average Bonchev–Trinajstić information content (AvgIpc) is 3.39. The molecular formula is C30H30Cl2F2N8O2. The maximum absolute atomic E-state index is 14.0. The lowest BCUT2D eigenvalue weighted by Gasteiger charge is -2.23. The van der Waals surface area contributed by atoms with Gasteiger partial charge >= 0.3 is 6.55 Å². The van der Waals surface area contributed by atoms with Crippen LogP contribution in [0.5, 0.6) is 0 Å². The normalized spacial score (nSPS) is 17.5. The third-order valence-corrected chi connectivity index (χ3v) is 7.98. The second-order valence-electron chi connectivity index (χ2n) is 10.6. The fourth-order valence-electron chi connectivity index (χ4n) is 5.48. The Morgan fingerprint density at radius 1 is 1.20 bits per heavy atom. The molecule has 5 N–H and O–H groups in total. The molecule has 1 aliphatic heterocycles. The first-order valence-corrected chi connectivity index (χ1v) is 14.5. The number of anilines is 2. The first-order chi connectivity index (χ1) is 20.9. The number of nitrogens with two attached hydrogens (primary N) is 2. The zero-order valence-corrected chi connectivity index (χ0v) is 25.4. The van der Waals surface area contributed by atoms with Gasteiger partial charge in [0.05, 0.1) is 35.2 Å². The number of hydrogen-bond acceptors (Lipinski definition) is 7. The van der Waals surface area contributed by atoms with Crippen LogP contribution in [-0.4, -0.2) is 25.2 Å². The van der Waals surface area contributed by atoms with Crippen molar-refractivity contribution in [3.8, 4) is 22.5 Å². The lowest BCUT2D eigenvalue weighted by atomic mass is 9.87. The van der Waals surface area contributed by atoms with Crippen molar-refractivity contribution in [3.63, 3.8) is 0 Å². The van der Waals surface area contributed by atoms with Crippen LogP contribution >= 0.6 is 23.2 Å². The van der Waals surface area contributed by atoms with Crippen molar-refractivity contribution in [1.82, 2.24) is 19.3 Å². The minimum absolute atomic E-state index is 0.0367. The monoisotopic (exact) mass is 642 g/mol. The molecule has 1 aliphatic rings. The average molecular weight is 644 g/mol. The van der Waals surface area contributed by atoms with E-state index in [0.29, 0.717) is 62.7 Å². The number of hydrazine groups is 1. The van der Waals surface area contributed by atoms with Crippen LogP contribution in [0.4, 0.5) is 20.2 Å². The standard InChI is InChI=1S/C30H30Cl2F2N8O2/c1-16-4-3-5-19(22-10-17(8-9-37-22)28-23(39-29(16)44)13-38-42(28)30(33)34)21-14-40(2)25(12-26(21)43)20-11-18(31)6-7-24(20)41(36)15-27(32)35/h6-16,19,30H,3-5,35-36H2,1-2H3,(H,39,44)/b27-15-. The highest BCUT2D eigenvalue weighted by atomic mass is 35.5. The summed E-state index contributed by atoms with van der Waals surface area (Å²) in [4.78, 5) is 31.3. The maximum Gasteiger partial charge on any atom is 0.333 e. The molecule has 5 rings (SSSR count). The molecule has 0 aliphatic carbocycles. The molecule has 10 nitrogen and oxygen atoms in total. The van der Waals surface area contributed by atoms with Crippen LogP contribution in [0, 0.1) is 5.92 Å². The van der Waals surface area contributed by atoms with Gasteiger partial charge in [0.15, 0.2) is 5.43 Å². The Hall–Kier alpha value is -4.26. The van der Waals surface area contributed by atoms with Crippen molar-refractivity contribution in [2.45, 2.75) is 38.7 Å². The van der Waals surface area contributed by atoms with Crippen molar-refractivity contribution in [2.24, 2.45) is 24.5 Å². The van der Waals surface area contributed by atoms with E-state index in [1.807, 2.05) is 0 Å². The molecule has 14 heteroatoms. The van der Waals surface area contributed by atoms with E-state index < -0.39 is 18.4 Å². The first-order valence-electron chi connectivity index (χ1n) is 13.7. The molecule has 0 saturated heterocycles. The Kier molecular flexibility index (Phi) is 9.05. The second-order valence-corrected chi connectivity index (χ2v) is 11.5. The maximum atomic E-state index is 14.0. The van der Waals surface area contributed by atoms with E-state index in [9.17, 15) is 18.4 Å². The van der Waals surface area contributed by atoms with Crippen molar-refractivity contribution < 1.29 is 13.6 Å². The number of carbonyl (C=O) groups is 1. The molecule has 1 amide bonds. The number of carbonyl (C=O) groups excluding carboxylic acids is 1. The van der Waals surface area contributed by atoms with Gasteiger partial charge in [-0.05, 0) is 43.2 Å². The molecule has 230 valence electrons. The van der Waals surface area contributed by atoms with Crippen LogP contribution in [0.2, 0.25) is 5.02 Å². The van der Waals surface area contributed by atoms with Gasteiger partial charge in [-0.25, -0.2) is 10.5 Å². The highest BCUT2D eigenvalue weighted by Crippen LogP contribution is 2.37. The number of aryl methyl sites for hydroxylation is 1. The molecule has 3 aromatic heterocycles. The van der Waals surface area contributed by atoms with Gasteiger partial charge in [0.1, 0.15) is 5.16 Å². The van der Waals surface area contributed by atoms with E-state index in [2.05, 4.69) is 15.4 Å². The number of hydrogen-bond donors (Lipinski definition) is 3. The van der Waals surface area contributed by atoms with Gasteiger partial charge in [-0.15, -0.1) is 0 Å². The van der Waals surface area contributed by atoms with Gasteiger partial charge in [-0.1, -0.05) is 36.5 Å². The zero-order chi connectivity index (χ0) is 31.7. The van der Waals surface area contributed by atoms with Gasteiger partial charge < -0.3 is 15.6 Å². The van der Waals surface area contributed by atoms with Crippen molar-refractivity contribution in [1.29, 1.82) is 0 Å². The smallest absolute Gasteiger partial charge is 0.333 e. The van der Waals surface area contributed by atoms with Crippen LogP contribution < -0.4 is 27.3 Å². The predicted molar refractivity (Wildman–Crippen MR) is 167 cm³/mol. The third kappa shape index (κ3) is 6.33. The Labute approximate surface area is 261 Å². The van der Waals surface area contributed by atoms with E-state index in [0.717, 1.165) is 0 Å². The van der Waals surface area contributed by atoms with E-state index in [-0.39, 0.29) is 27.9 Å². The Balaban J connectivity index is 1.64. The highest BCUT2D eigenvalue weighted by Gasteiger charge is 2.27. The number of fused-ring (bicyclic) bond motifs is 4. The molecule has 0 radical (unpaired) electrons. The fraction of sp³-hybridized carbons (Fsp3) is 0.267. The van der Waals surface area contributed by atoms with Gasteiger partial charge in [0.2, 0.25) is 5.91 Å². The van der Waals surface area contributed by atoms with Crippen molar-refractivity contribution >= 4 is 40.5 Å². The molecule has 0 spiro atoms. The second kappa shape index (κ2) is 12.8. The van der Waals surface area contributed by atoms with E-state index in [1.165, 1.54) is 29.7 Å². The number of aromatic nitrogens is 4. The molecular weight excluding hydrogens is 613 g/mol. The van der Waals surface area contributed by atoms with Gasteiger partial charge in [0.25, 0.3) is 0 Å². The quantitative estimate of drug-likeness (QED) is 0.139. The van der Waals surface area contributed by atoms with Gasteiger partial charge in [0, 0.05) is 64.8 Å². The molecule has 44 heavy (non-hydrogen) atoms. The summed E-state index contributed by atoms with van der Waals surface area (Å²) < 4.78 is 30.3. The number of benzene rings is 1. The number of halogens is 4. The number of pyridine rings is 2. The highest BCUT2D eigenvalue weighted by molar-refractivity contribution is 6.31. The van der Waals surface area contributed by atoms with E-state index >= 15 is 0 Å². The van der Waals surface area contributed by atoms with Crippen LogP contribution in [0.3, 0.4) is 0 Å². The number of amides is 1. The molecule has 4 heterocycles. The summed E-state index contributed by atoms with van der Waals surface area (Å²) in [6.45, 7) is -1.17. The van der Waals surface area contributed by atoms with Gasteiger partial charge in [-0.3, -0.25) is 19.6 Å². The van der Waals surface area contributed by atoms with Crippen molar-refractivity contribution in [3.05, 3.63) is 92.8 Å². The predicted octanol–water partition coefficient (Wildman–Crippen LogP) is 5.93. The van der Waals surface area contributed by atoms with Crippen LogP contribution in [0.15, 0.2) is 71.1 Å². The number of nitrogens with one attached hydrogen (secondary N) is 1. The number of rotatable bonds is 5. The van der Waals surface area contributed by atoms with Crippen molar-refractivity contribution in [2.75, 3.05) is 10.3 Å². The van der Waals surface area contributed by atoms with Gasteiger partial charge in [-0.2, -0.15) is 13.9 Å². The zero-order valence-electron chi connectivity index (χ0n) is 23.8. The van der Waals surface area contributed by atoms with E-state index in [1.54, 1.807) is 55.1 Å². The van der Waals surface area contributed by atoms with Crippen LogP contribution in [-0.2, 0) is 11.8 Å². The number of nitrogens with zero attached hydrogens (tertiary/aromatic N) is 5. The Morgan fingerprint density at radius 2 is 1.98 bits per heavy atom. The summed E-state index contributed by atoms with van der Waals surface area (Å²) in [7, 11) is 1.79. The number of alkyl halides is 2. The topological polar surface area (TPSA) is 137 Å². The summed E-state index contributed by atoms with van der Waals surface area (Å²) in [5.74, 6) is 4.98. The first kappa shape index (κ1) is 31.2. The molecule has 0 saturated carbocycles. The molecule has 2 bridgehead atoms. The minimum atomic E-state index is -2.94. The molecule has 1 aromatic carbocycles. The molecule has 0 fully saturated rings. The third-order valence-electron chi connectivity index (χ3n) is 7.64. The fourth-order valence-corrected chi connectivity index (χ4v) is 5.75. The largest absolute Gasteiger partial charge is 0.388 e. The summed E-state index contributed by atoms with van der Waals surface area (Å²) in [6, 6.07) is 9.75. The molecule has 2 unspecified atom stereocenters. The summed E-state index contributed by atoms with van der Waals surface area (Å²) in [6.07, 6.45) is 7.38. The van der Waals surface area contributed by atoms with Crippen LogP contribution in [0.25, 0.3) is 22.5 Å². The van der Waals surface area contributed by atoms with E-state index in [4.69, 9.17) is 34.8 Å². The summed E-state index contributed by atoms with van der Waals surface area (Å²) in [5, 5.41) is 8.21.